The van der Waals surface area contributed by atoms with Crippen molar-refractivity contribution in [2.75, 3.05) is 6.61 Å². The van der Waals surface area contributed by atoms with Crippen LogP contribution in [0, 0.1) is 0 Å². The summed E-state index contributed by atoms with van der Waals surface area (Å²) in [6, 6.07) is 0. The average Bonchev–Trinajstić information content (AvgIpc) is 3.12. The van der Waals surface area contributed by atoms with E-state index in [9.17, 15) is 4.79 Å². The van der Waals surface area contributed by atoms with Gasteiger partial charge in [0, 0.05) is 6.42 Å². The van der Waals surface area contributed by atoms with Crippen LogP contribution < -0.4 is 0 Å². The molecular weight excluding hydrogens is 609 g/mol. The summed E-state index contributed by atoms with van der Waals surface area (Å²) < 4.78 is 5.49. The normalized spacial score (nSPS) is 11.5. The molecule has 0 saturated heterocycles. The Morgan fingerprint density at radius 1 is 0.260 bits per heavy atom. The third-order valence-corrected chi connectivity index (χ3v) is 11.2. The Morgan fingerprint density at radius 2 is 0.440 bits per heavy atom. The third kappa shape index (κ3) is 45.5. The molecule has 0 unspecified atom stereocenters. The lowest BCUT2D eigenvalue weighted by atomic mass is 10.0. The van der Waals surface area contributed by atoms with Gasteiger partial charge in [-0.25, -0.2) is 0 Å². The van der Waals surface area contributed by atoms with Crippen molar-refractivity contribution in [2.24, 2.45) is 0 Å². The van der Waals surface area contributed by atoms with E-state index in [-0.39, 0.29) is 5.97 Å². The summed E-state index contributed by atoms with van der Waals surface area (Å²) in [5.74, 6) is 0.0334. The second-order valence-corrected chi connectivity index (χ2v) is 16.5. The van der Waals surface area contributed by atoms with Crippen LogP contribution in [0.1, 0.15) is 296 Å². The fraction of sp³-hybridized carbons (Fsp3) is 0.979. The zero-order valence-electron chi connectivity index (χ0n) is 35.1. The predicted molar refractivity (Wildman–Crippen MR) is 225 cm³/mol. The van der Waals surface area contributed by atoms with Crippen LogP contribution in [0.4, 0.5) is 0 Å². The molecule has 0 heterocycles. The third-order valence-electron chi connectivity index (χ3n) is 11.2. The number of carbonyl (C=O) groups is 1. The molecule has 0 amide bonds. The number of ether oxygens (including phenoxy) is 1. The molecule has 0 aliphatic carbocycles. The first-order chi connectivity index (χ1) is 24.8. The van der Waals surface area contributed by atoms with Crippen molar-refractivity contribution in [2.45, 2.75) is 296 Å². The summed E-state index contributed by atoms with van der Waals surface area (Å²) in [6.45, 7) is 5.24. The van der Waals surface area contributed by atoms with Crippen molar-refractivity contribution in [3.8, 4) is 0 Å². The highest BCUT2D eigenvalue weighted by molar-refractivity contribution is 5.69. The van der Waals surface area contributed by atoms with Gasteiger partial charge in [-0.1, -0.05) is 277 Å². The molecule has 0 spiro atoms. The van der Waals surface area contributed by atoms with Crippen molar-refractivity contribution in [1.82, 2.24) is 0 Å². The van der Waals surface area contributed by atoms with Crippen LogP contribution in [0.2, 0.25) is 0 Å². The minimum absolute atomic E-state index is 0.0334. The summed E-state index contributed by atoms with van der Waals surface area (Å²) in [7, 11) is 0. The summed E-state index contributed by atoms with van der Waals surface area (Å²) in [5.41, 5.74) is 0. The summed E-state index contributed by atoms with van der Waals surface area (Å²) in [4.78, 5) is 12.0. The Hall–Kier alpha value is -0.530. The first-order valence-corrected chi connectivity index (χ1v) is 24.0. The Balaban J connectivity index is 3.14. The fourth-order valence-electron chi connectivity index (χ4n) is 7.67. The molecule has 0 aromatic carbocycles. The molecule has 0 aromatic heterocycles. The van der Waals surface area contributed by atoms with Gasteiger partial charge in [-0.3, -0.25) is 4.79 Å². The van der Waals surface area contributed by atoms with Gasteiger partial charge < -0.3 is 4.74 Å². The van der Waals surface area contributed by atoms with E-state index in [4.69, 9.17) is 4.74 Å². The van der Waals surface area contributed by atoms with Crippen LogP contribution in [-0.4, -0.2) is 12.6 Å². The molecule has 0 N–H and O–H groups in total. The molecule has 50 heavy (non-hydrogen) atoms. The van der Waals surface area contributed by atoms with Gasteiger partial charge in [-0.05, 0) is 12.8 Å². The van der Waals surface area contributed by atoms with Crippen LogP contribution in [0.25, 0.3) is 0 Å². The van der Waals surface area contributed by atoms with Crippen molar-refractivity contribution in [1.29, 1.82) is 0 Å². The number of rotatable bonds is 45. The van der Waals surface area contributed by atoms with Crippen molar-refractivity contribution in [3.05, 3.63) is 0 Å². The predicted octanol–water partition coefficient (Wildman–Crippen LogP) is 17.7. The van der Waals surface area contributed by atoms with E-state index in [1.165, 1.54) is 263 Å². The van der Waals surface area contributed by atoms with E-state index < -0.39 is 0 Å². The molecule has 0 rings (SSSR count). The van der Waals surface area contributed by atoms with Gasteiger partial charge in [-0.15, -0.1) is 0 Å². The second-order valence-electron chi connectivity index (χ2n) is 16.5. The second kappa shape index (κ2) is 46.5. The first kappa shape index (κ1) is 49.5. The largest absolute Gasteiger partial charge is 0.466 e. The van der Waals surface area contributed by atoms with Gasteiger partial charge in [0.2, 0.25) is 0 Å². The summed E-state index contributed by atoms with van der Waals surface area (Å²) in [6.07, 6.45) is 60.9. The molecule has 0 atom stereocenters. The van der Waals surface area contributed by atoms with Crippen molar-refractivity contribution < 1.29 is 9.53 Å². The zero-order chi connectivity index (χ0) is 36.1. The van der Waals surface area contributed by atoms with E-state index in [0.29, 0.717) is 13.0 Å². The Bertz CT molecular complexity index is 601. The smallest absolute Gasteiger partial charge is 0.305 e. The maximum atomic E-state index is 12.0. The number of hydrogen-bond donors (Lipinski definition) is 0. The van der Waals surface area contributed by atoms with Gasteiger partial charge in [0.1, 0.15) is 0 Å². The number of esters is 1. The maximum Gasteiger partial charge on any atom is 0.305 e. The molecule has 2 nitrogen and oxygen atoms in total. The number of carbonyl (C=O) groups excluding carboxylic acids is 1. The summed E-state index contributed by atoms with van der Waals surface area (Å²) in [5, 5.41) is 0. The lowest BCUT2D eigenvalue weighted by Crippen LogP contribution is -2.05. The maximum absolute atomic E-state index is 12.0. The SMILES string of the molecule is CCCCCCCCCCCCCCCCCCCCCCCCCCOC(=O)CCCCCCCCCCCCCCCCCCCCC. The Morgan fingerprint density at radius 3 is 0.660 bits per heavy atom. The standard InChI is InChI=1S/C48H96O2/c1-3-5-7-9-11-13-15-17-19-21-23-24-25-26-27-29-31-33-35-37-39-41-43-45-47-50-48(49)46-44-42-40-38-36-34-32-30-28-22-20-18-16-14-12-10-8-6-4-2/h3-47H2,1-2H3. The van der Waals surface area contributed by atoms with Crippen LogP contribution in [0.3, 0.4) is 0 Å². The molecule has 0 aromatic rings. The highest BCUT2D eigenvalue weighted by atomic mass is 16.5. The van der Waals surface area contributed by atoms with Gasteiger partial charge in [0.15, 0.2) is 0 Å². The molecule has 0 saturated carbocycles. The lowest BCUT2D eigenvalue weighted by molar-refractivity contribution is -0.143. The molecule has 0 aliphatic rings. The number of hydrogen-bond acceptors (Lipinski definition) is 2. The number of unbranched alkanes of at least 4 members (excludes halogenated alkanes) is 41. The minimum Gasteiger partial charge on any atom is -0.466 e. The van der Waals surface area contributed by atoms with Crippen LogP contribution in [0.5, 0.6) is 0 Å². The first-order valence-electron chi connectivity index (χ1n) is 24.0. The molecule has 300 valence electrons. The lowest BCUT2D eigenvalue weighted by Gasteiger charge is -2.06. The van der Waals surface area contributed by atoms with Gasteiger partial charge in [0.25, 0.3) is 0 Å². The molecule has 0 bridgehead atoms. The monoisotopic (exact) mass is 705 g/mol. The molecule has 0 aliphatic heterocycles. The van der Waals surface area contributed by atoms with E-state index in [1.807, 2.05) is 0 Å². The molecular formula is C48H96O2. The summed E-state index contributed by atoms with van der Waals surface area (Å²) >= 11 is 0. The van der Waals surface area contributed by atoms with Crippen LogP contribution in [-0.2, 0) is 9.53 Å². The van der Waals surface area contributed by atoms with Gasteiger partial charge >= 0.3 is 5.97 Å². The zero-order valence-corrected chi connectivity index (χ0v) is 35.1. The van der Waals surface area contributed by atoms with Gasteiger partial charge in [-0.2, -0.15) is 0 Å². The van der Waals surface area contributed by atoms with Gasteiger partial charge in [0.05, 0.1) is 6.61 Å². The van der Waals surface area contributed by atoms with Crippen LogP contribution in [0.15, 0.2) is 0 Å². The Labute approximate surface area is 317 Å². The van der Waals surface area contributed by atoms with E-state index >= 15 is 0 Å². The average molecular weight is 705 g/mol. The topological polar surface area (TPSA) is 26.3 Å². The van der Waals surface area contributed by atoms with Crippen molar-refractivity contribution in [3.63, 3.8) is 0 Å². The van der Waals surface area contributed by atoms with Crippen molar-refractivity contribution >= 4 is 5.97 Å². The molecule has 0 radical (unpaired) electrons. The van der Waals surface area contributed by atoms with E-state index in [1.54, 1.807) is 0 Å². The molecule has 2 heteroatoms. The highest BCUT2D eigenvalue weighted by Gasteiger charge is 2.03. The highest BCUT2D eigenvalue weighted by Crippen LogP contribution is 2.17. The Kier molecular flexibility index (Phi) is 46.0. The fourth-order valence-corrected chi connectivity index (χ4v) is 7.67. The van der Waals surface area contributed by atoms with E-state index in [2.05, 4.69) is 13.8 Å². The minimum atomic E-state index is 0.0334. The quantitative estimate of drug-likeness (QED) is 0.0466. The van der Waals surface area contributed by atoms with E-state index in [0.717, 1.165) is 12.8 Å². The molecule has 0 fully saturated rings. The van der Waals surface area contributed by atoms with Crippen LogP contribution >= 0.6 is 0 Å².